The fourth-order valence-electron chi connectivity index (χ4n) is 2.90. The van der Waals surface area contributed by atoms with Crippen LogP contribution in [-0.4, -0.2) is 13.3 Å². The molecule has 2 rings (SSSR count). The van der Waals surface area contributed by atoms with E-state index in [1.54, 1.807) is 26.3 Å². The van der Waals surface area contributed by atoms with Crippen LogP contribution in [-0.2, 0) is 9.30 Å². The topological polar surface area (TPSA) is 26.3 Å². The molecule has 2 aromatic rings. The molecule has 1 unspecified atom stereocenters. The Hall–Kier alpha value is -1.83. The van der Waals surface area contributed by atoms with Crippen molar-refractivity contribution in [2.24, 2.45) is 0 Å². The van der Waals surface area contributed by atoms with Crippen molar-refractivity contribution in [3.8, 4) is 0 Å². The van der Waals surface area contributed by atoms with Crippen molar-refractivity contribution >= 4 is 29.6 Å². The van der Waals surface area contributed by atoms with Crippen LogP contribution >= 0.6 is 18.7 Å². The van der Waals surface area contributed by atoms with Crippen LogP contribution in [0.1, 0.15) is 36.6 Å². The summed E-state index contributed by atoms with van der Waals surface area (Å²) in [6.45, 7) is 12.9. The van der Waals surface area contributed by atoms with Gasteiger partial charge >= 0.3 is 0 Å². The molecule has 0 bridgehead atoms. The normalized spacial score (nSPS) is 13.4. The molecule has 0 radical (unpaired) electrons. The lowest BCUT2D eigenvalue weighted by Gasteiger charge is -2.19. The van der Waals surface area contributed by atoms with E-state index in [4.69, 9.17) is 16.3 Å². The van der Waals surface area contributed by atoms with Gasteiger partial charge in [-0.2, -0.15) is 0 Å². The Kier molecular flexibility index (Phi) is 6.72. The van der Waals surface area contributed by atoms with E-state index in [0.29, 0.717) is 21.9 Å². The maximum Gasteiger partial charge on any atom is 0.126 e. The van der Waals surface area contributed by atoms with Gasteiger partial charge in [-0.3, -0.25) is 0 Å². The van der Waals surface area contributed by atoms with E-state index in [2.05, 4.69) is 6.58 Å². The van der Waals surface area contributed by atoms with Crippen molar-refractivity contribution in [2.45, 2.75) is 26.9 Å². The fourth-order valence-corrected chi connectivity index (χ4v) is 4.13. The molecule has 144 valence electrons. The maximum atomic E-state index is 13.8. The van der Waals surface area contributed by atoms with Gasteiger partial charge in [0.15, 0.2) is 0 Å². The number of allylic oxidation sites excluding steroid dienone is 3. The molecule has 0 amide bonds. The van der Waals surface area contributed by atoms with Crippen LogP contribution in [0.4, 0.5) is 4.39 Å². The predicted octanol–water partition coefficient (Wildman–Crippen LogP) is 6.73. The molecule has 0 fully saturated rings. The van der Waals surface area contributed by atoms with Crippen LogP contribution in [0, 0.1) is 12.7 Å². The first kappa shape index (κ1) is 21.5. The van der Waals surface area contributed by atoms with Crippen LogP contribution in [0.5, 0.6) is 0 Å². The van der Waals surface area contributed by atoms with Crippen molar-refractivity contribution in [1.29, 1.82) is 0 Å². The van der Waals surface area contributed by atoms with Gasteiger partial charge in [0.1, 0.15) is 19.1 Å². The number of ether oxygens (including phenoxy) is 1. The summed E-state index contributed by atoms with van der Waals surface area (Å²) in [5, 5.41) is 1.31. The molecule has 2 aromatic carbocycles. The summed E-state index contributed by atoms with van der Waals surface area (Å²) in [4.78, 5) is 0. The van der Waals surface area contributed by atoms with E-state index < -0.39 is 13.2 Å². The van der Waals surface area contributed by atoms with Gasteiger partial charge in [-0.1, -0.05) is 42.4 Å². The first-order valence-electron chi connectivity index (χ1n) is 8.65. The molecule has 0 aliphatic heterocycles. The van der Waals surface area contributed by atoms with Crippen molar-refractivity contribution in [2.75, 3.05) is 13.3 Å². The molecule has 0 spiro atoms. The molecule has 5 heteroatoms. The maximum absolute atomic E-state index is 13.8. The molecule has 0 heterocycles. The minimum absolute atomic E-state index is 0.305. The number of benzene rings is 2. The molecule has 2 nitrogen and oxygen atoms in total. The average Bonchev–Trinajstić information content (AvgIpc) is 2.57. The second kappa shape index (κ2) is 8.46. The molecule has 0 N–H and O–H groups in total. The molecular formula is C22H25ClFO2P. The Labute approximate surface area is 166 Å². The largest absolute Gasteiger partial charge is 0.491 e. The third-order valence-electron chi connectivity index (χ3n) is 4.40. The van der Waals surface area contributed by atoms with Gasteiger partial charge in [-0.05, 0) is 69.0 Å². The molecule has 0 aliphatic rings. The van der Waals surface area contributed by atoms with E-state index in [0.717, 1.165) is 16.4 Å². The van der Waals surface area contributed by atoms with Crippen molar-refractivity contribution < 1.29 is 13.7 Å². The van der Waals surface area contributed by atoms with Gasteiger partial charge in [0, 0.05) is 15.9 Å². The van der Waals surface area contributed by atoms with Gasteiger partial charge in [0.05, 0.1) is 5.76 Å². The van der Waals surface area contributed by atoms with E-state index in [1.807, 2.05) is 44.2 Å². The van der Waals surface area contributed by atoms with Gasteiger partial charge in [0.2, 0.25) is 0 Å². The Bertz CT molecular complexity index is 926. The zero-order chi connectivity index (χ0) is 20.4. The molecule has 27 heavy (non-hydrogen) atoms. The number of hydrogen-bond acceptors (Lipinski definition) is 2. The average molecular weight is 407 g/mol. The summed E-state index contributed by atoms with van der Waals surface area (Å²) >= 11 is 6.23. The summed E-state index contributed by atoms with van der Waals surface area (Å²) in [7, 11) is -2.28. The van der Waals surface area contributed by atoms with Gasteiger partial charge in [-0.15, -0.1) is 0 Å². The van der Waals surface area contributed by atoms with Gasteiger partial charge in [-0.25, -0.2) is 4.39 Å². The van der Waals surface area contributed by atoms with Crippen LogP contribution in [0.3, 0.4) is 0 Å². The standard InChI is InChI=1S/C22H25ClFO2P/c1-14(18-7-9-19(10-8-18)27(5,6)25)13-15(2)26-17(4)22-16(3)21(24)12-11-20(22)23/h7-13,17H,1H2,2-6H3. The Morgan fingerprint density at radius 1 is 1.22 bits per heavy atom. The summed E-state index contributed by atoms with van der Waals surface area (Å²) in [6.07, 6.45) is 1.43. The summed E-state index contributed by atoms with van der Waals surface area (Å²) in [6, 6.07) is 10.4. The van der Waals surface area contributed by atoms with Crippen LogP contribution in [0.2, 0.25) is 5.02 Å². The minimum atomic E-state index is -2.28. The molecular weight excluding hydrogens is 382 g/mol. The highest BCUT2D eigenvalue weighted by Gasteiger charge is 2.17. The van der Waals surface area contributed by atoms with Crippen molar-refractivity contribution in [1.82, 2.24) is 0 Å². The van der Waals surface area contributed by atoms with E-state index in [9.17, 15) is 8.96 Å². The minimum Gasteiger partial charge on any atom is -0.491 e. The Balaban J connectivity index is 2.17. The SMILES string of the molecule is C=C(C=C(C)OC(C)c1c(Cl)ccc(F)c1C)c1ccc(P(C)(C)=O)cc1. The molecule has 0 saturated carbocycles. The lowest BCUT2D eigenvalue weighted by atomic mass is 10.0. The quantitative estimate of drug-likeness (QED) is 0.302. The summed E-state index contributed by atoms with van der Waals surface area (Å²) < 4.78 is 31.9. The van der Waals surface area contributed by atoms with Crippen molar-refractivity contribution in [3.05, 3.63) is 82.3 Å². The first-order valence-corrected chi connectivity index (χ1v) is 11.6. The molecule has 0 saturated heterocycles. The van der Waals surface area contributed by atoms with Gasteiger partial charge < -0.3 is 9.30 Å². The highest BCUT2D eigenvalue weighted by Crippen LogP contribution is 2.35. The third kappa shape index (κ3) is 5.34. The van der Waals surface area contributed by atoms with Crippen LogP contribution < -0.4 is 5.30 Å². The highest BCUT2D eigenvalue weighted by atomic mass is 35.5. The lowest BCUT2D eigenvalue weighted by Crippen LogP contribution is -2.04. The molecule has 0 aliphatic carbocycles. The second-order valence-electron chi connectivity index (χ2n) is 7.01. The molecule has 0 aromatic heterocycles. The zero-order valence-corrected chi connectivity index (χ0v) is 18.0. The number of halogens is 2. The van der Waals surface area contributed by atoms with Gasteiger partial charge in [0.25, 0.3) is 0 Å². The summed E-state index contributed by atoms with van der Waals surface area (Å²) in [5.41, 5.74) is 2.82. The van der Waals surface area contributed by atoms with Crippen LogP contribution in [0.15, 0.2) is 54.8 Å². The molecule has 1 atom stereocenters. The number of rotatable bonds is 6. The Morgan fingerprint density at radius 3 is 2.37 bits per heavy atom. The number of hydrogen-bond donors (Lipinski definition) is 0. The smallest absolute Gasteiger partial charge is 0.126 e. The summed E-state index contributed by atoms with van der Waals surface area (Å²) in [5.74, 6) is 0.341. The van der Waals surface area contributed by atoms with E-state index in [1.165, 1.54) is 6.07 Å². The van der Waals surface area contributed by atoms with Crippen molar-refractivity contribution in [3.63, 3.8) is 0 Å². The third-order valence-corrected chi connectivity index (χ3v) is 6.27. The second-order valence-corrected chi connectivity index (χ2v) is 10.6. The van der Waals surface area contributed by atoms with E-state index >= 15 is 0 Å². The zero-order valence-electron chi connectivity index (χ0n) is 16.3. The predicted molar refractivity (Wildman–Crippen MR) is 114 cm³/mol. The van der Waals surface area contributed by atoms with Crippen LogP contribution in [0.25, 0.3) is 5.57 Å². The fraction of sp³-hybridized carbons (Fsp3) is 0.273. The lowest BCUT2D eigenvalue weighted by molar-refractivity contribution is 0.134. The Morgan fingerprint density at radius 2 is 1.81 bits per heavy atom. The van der Waals surface area contributed by atoms with E-state index in [-0.39, 0.29) is 5.82 Å². The highest BCUT2D eigenvalue weighted by molar-refractivity contribution is 7.70. The monoisotopic (exact) mass is 406 g/mol. The first-order chi connectivity index (χ1) is 12.5.